The zero-order chi connectivity index (χ0) is 14.0. The summed E-state index contributed by atoms with van der Waals surface area (Å²) in [7, 11) is 3.34. The van der Waals surface area contributed by atoms with E-state index in [0.29, 0.717) is 4.47 Å². The number of aryl methyl sites for hydroxylation is 1. The van der Waals surface area contributed by atoms with Gasteiger partial charge in [0.25, 0.3) is 9.05 Å². The molecule has 0 atom stereocenters. The summed E-state index contributed by atoms with van der Waals surface area (Å²) in [6.45, 7) is 0.206. The Morgan fingerprint density at radius 1 is 1.47 bits per heavy atom. The van der Waals surface area contributed by atoms with Crippen LogP contribution < -0.4 is 4.74 Å². The molecule has 1 aromatic heterocycles. The highest BCUT2D eigenvalue weighted by molar-refractivity contribution is 9.10. The highest BCUT2D eigenvalue weighted by atomic mass is 79.9. The Labute approximate surface area is 123 Å². The predicted octanol–water partition coefficient (Wildman–Crippen LogP) is 2.69. The van der Waals surface area contributed by atoms with E-state index in [9.17, 15) is 8.42 Å². The summed E-state index contributed by atoms with van der Waals surface area (Å²) in [5.74, 6) is 0.208. The number of hydrogen-bond acceptors (Lipinski definition) is 4. The molecular formula is C11H10BrClN2O3S. The van der Waals surface area contributed by atoms with Crippen LogP contribution >= 0.6 is 26.6 Å². The molecule has 0 spiro atoms. The maximum Gasteiger partial charge on any atom is 0.265 e. The average Bonchev–Trinajstić information content (AvgIpc) is 2.72. The second-order valence-corrected chi connectivity index (χ2v) is 7.26. The molecule has 8 heteroatoms. The fourth-order valence-corrected chi connectivity index (χ4v) is 2.98. The zero-order valence-electron chi connectivity index (χ0n) is 9.88. The minimum absolute atomic E-state index is 0.0642. The van der Waals surface area contributed by atoms with Crippen molar-refractivity contribution in [2.45, 2.75) is 11.5 Å². The van der Waals surface area contributed by atoms with Crippen LogP contribution in [0.3, 0.4) is 0 Å². The van der Waals surface area contributed by atoms with Crippen molar-refractivity contribution in [1.29, 1.82) is 0 Å². The summed E-state index contributed by atoms with van der Waals surface area (Å²) in [5.41, 5.74) is 0.820. The van der Waals surface area contributed by atoms with Gasteiger partial charge in [-0.05, 0) is 18.2 Å². The van der Waals surface area contributed by atoms with Gasteiger partial charge in [0.05, 0.1) is 18.2 Å². The van der Waals surface area contributed by atoms with Crippen LogP contribution in [0.4, 0.5) is 0 Å². The summed E-state index contributed by atoms with van der Waals surface area (Å²) >= 11 is 3.20. The van der Waals surface area contributed by atoms with Crippen molar-refractivity contribution in [1.82, 2.24) is 9.55 Å². The minimum atomic E-state index is -3.86. The molecule has 19 heavy (non-hydrogen) atoms. The van der Waals surface area contributed by atoms with Gasteiger partial charge < -0.3 is 9.30 Å². The molecule has 0 aliphatic rings. The first-order valence-electron chi connectivity index (χ1n) is 5.20. The first-order chi connectivity index (χ1) is 8.88. The SMILES string of the molecule is Cn1cncc1COc1ccc(Br)cc1S(=O)(=O)Cl. The van der Waals surface area contributed by atoms with E-state index in [0.717, 1.165) is 5.69 Å². The largest absolute Gasteiger partial charge is 0.486 e. The van der Waals surface area contributed by atoms with Gasteiger partial charge in [-0.25, -0.2) is 13.4 Å². The van der Waals surface area contributed by atoms with Gasteiger partial charge in [0.1, 0.15) is 17.3 Å². The van der Waals surface area contributed by atoms with Crippen molar-refractivity contribution in [3.8, 4) is 5.75 Å². The van der Waals surface area contributed by atoms with Crippen LogP contribution in [0.2, 0.25) is 0 Å². The lowest BCUT2D eigenvalue weighted by molar-refractivity contribution is 0.289. The van der Waals surface area contributed by atoms with Crippen molar-refractivity contribution in [3.05, 3.63) is 40.9 Å². The fraction of sp³-hybridized carbons (Fsp3) is 0.182. The van der Waals surface area contributed by atoms with E-state index in [1.807, 2.05) is 7.05 Å². The summed E-state index contributed by atoms with van der Waals surface area (Å²) in [6, 6.07) is 4.64. The Bertz CT molecular complexity index is 700. The second kappa shape index (κ2) is 5.52. The smallest absolute Gasteiger partial charge is 0.265 e. The second-order valence-electron chi connectivity index (χ2n) is 3.81. The highest BCUT2D eigenvalue weighted by Crippen LogP contribution is 2.30. The standard InChI is InChI=1S/C11H10BrClN2O3S/c1-15-7-14-5-9(15)6-18-10-3-2-8(12)4-11(10)19(13,16)17/h2-5,7H,6H2,1H3. The molecule has 0 aliphatic carbocycles. The number of nitrogens with zero attached hydrogens (tertiary/aromatic N) is 2. The normalized spacial score (nSPS) is 11.5. The van der Waals surface area contributed by atoms with E-state index in [1.54, 1.807) is 29.2 Å². The number of aromatic nitrogens is 2. The Balaban J connectivity index is 2.28. The van der Waals surface area contributed by atoms with Crippen LogP contribution in [0.5, 0.6) is 5.75 Å². The lowest BCUT2D eigenvalue weighted by Gasteiger charge is -2.10. The third kappa shape index (κ3) is 3.49. The summed E-state index contributed by atoms with van der Waals surface area (Å²) in [5, 5.41) is 0. The van der Waals surface area contributed by atoms with E-state index in [2.05, 4.69) is 20.9 Å². The molecule has 2 rings (SSSR count). The van der Waals surface area contributed by atoms with Crippen molar-refractivity contribution in [2.75, 3.05) is 0 Å². The Morgan fingerprint density at radius 2 is 2.21 bits per heavy atom. The highest BCUT2D eigenvalue weighted by Gasteiger charge is 2.17. The molecule has 1 aromatic carbocycles. The first-order valence-corrected chi connectivity index (χ1v) is 8.30. The van der Waals surface area contributed by atoms with Crippen molar-refractivity contribution < 1.29 is 13.2 Å². The van der Waals surface area contributed by atoms with Crippen LogP contribution in [-0.2, 0) is 22.7 Å². The third-order valence-corrected chi connectivity index (χ3v) is 4.30. The van der Waals surface area contributed by atoms with Crippen LogP contribution in [0, 0.1) is 0 Å². The van der Waals surface area contributed by atoms with E-state index < -0.39 is 9.05 Å². The van der Waals surface area contributed by atoms with Gasteiger partial charge in [-0.3, -0.25) is 0 Å². The van der Waals surface area contributed by atoms with E-state index in [-0.39, 0.29) is 17.3 Å². The fourth-order valence-electron chi connectivity index (χ4n) is 1.47. The van der Waals surface area contributed by atoms with E-state index in [1.165, 1.54) is 6.07 Å². The maximum atomic E-state index is 11.5. The van der Waals surface area contributed by atoms with Gasteiger partial charge in [-0.1, -0.05) is 15.9 Å². The van der Waals surface area contributed by atoms with Gasteiger partial charge in [0.2, 0.25) is 0 Å². The number of rotatable bonds is 4. The molecule has 0 saturated carbocycles. The van der Waals surface area contributed by atoms with Crippen molar-refractivity contribution in [2.24, 2.45) is 7.05 Å². The molecule has 0 fully saturated rings. The molecule has 0 radical (unpaired) electrons. The maximum absolute atomic E-state index is 11.5. The molecule has 0 amide bonds. The molecule has 0 saturated heterocycles. The van der Waals surface area contributed by atoms with Crippen LogP contribution in [0.25, 0.3) is 0 Å². The van der Waals surface area contributed by atoms with Crippen LogP contribution in [0.1, 0.15) is 5.69 Å². The van der Waals surface area contributed by atoms with Crippen molar-refractivity contribution in [3.63, 3.8) is 0 Å². The lowest BCUT2D eigenvalue weighted by atomic mass is 10.3. The Kier molecular flexibility index (Phi) is 4.17. The molecule has 0 bridgehead atoms. The Hall–Kier alpha value is -1.05. The third-order valence-electron chi connectivity index (χ3n) is 2.46. The molecule has 0 N–H and O–H groups in total. The molecule has 0 aliphatic heterocycles. The molecule has 2 aromatic rings. The van der Waals surface area contributed by atoms with Crippen LogP contribution in [-0.4, -0.2) is 18.0 Å². The number of halogens is 2. The first kappa shape index (κ1) is 14.4. The average molecular weight is 366 g/mol. The summed E-state index contributed by atoms with van der Waals surface area (Å²) in [4.78, 5) is 3.89. The summed E-state index contributed by atoms with van der Waals surface area (Å²) < 4.78 is 30.9. The van der Waals surface area contributed by atoms with E-state index in [4.69, 9.17) is 15.4 Å². The van der Waals surface area contributed by atoms with Gasteiger partial charge in [0.15, 0.2) is 0 Å². The Morgan fingerprint density at radius 3 is 2.79 bits per heavy atom. The van der Waals surface area contributed by atoms with Crippen LogP contribution in [0.15, 0.2) is 40.1 Å². The molecular weight excluding hydrogens is 356 g/mol. The predicted molar refractivity (Wildman–Crippen MR) is 74.7 cm³/mol. The number of ether oxygens (including phenoxy) is 1. The molecule has 5 nitrogen and oxygen atoms in total. The topological polar surface area (TPSA) is 61.2 Å². The van der Waals surface area contributed by atoms with Gasteiger partial charge >= 0.3 is 0 Å². The zero-order valence-corrected chi connectivity index (χ0v) is 13.0. The molecule has 0 unspecified atom stereocenters. The molecule has 102 valence electrons. The quantitative estimate of drug-likeness (QED) is 0.782. The number of benzene rings is 1. The number of imidazole rings is 1. The van der Waals surface area contributed by atoms with Crippen molar-refractivity contribution >= 4 is 35.7 Å². The van der Waals surface area contributed by atoms with Gasteiger partial charge in [-0.15, -0.1) is 0 Å². The summed E-state index contributed by atoms with van der Waals surface area (Å²) in [6.07, 6.45) is 3.28. The minimum Gasteiger partial charge on any atom is -0.486 e. The van der Waals surface area contributed by atoms with E-state index >= 15 is 0 Å². The van der Waals surface area contributed by atoms with Gasteiger partial charge in [-0.2, -0.15) is 0 Å². The lowest BCUT2D eigenvalue weighted by Crippen LogP contribution is -2.04. The van der Waals surface area contributed by atoms with Gasteiger partial charge in [0, 0.05) is 22.2 Å². The number of hydrogen-bond donors (Lipinski definition) is 0. The monoisotopic (exact) mass is 364 g/mol. The molecule has 1 heterocycles.